The summed E-state index contributed by atoms with van der Waals surface area (Å²) >= 11 is 0. The summed E-state index contributed by atoms with van der Waals surface area (Å²) in [6.07, 6.45) is 1.37. The molecule has 0 unspecified atom stereocenters. The van der Waals surface area contributed by atoms with Crippen LogP contribution in [0.25, 0.3) is 11.1 Å². The Hall–Kier alpha value is -2.66. The van der Waals surface area contributed by atoms with Crippen LogP contribution in [0.15, 0.2) is 78.9 Å². The summed E-state index contributed by atoms with van der Waals surface area (Å²) in [6, 6.07) is 26.3. The zero-order valence-electron chi connectivity index (χ0n) is 17.7. The first-order valence-corrected chi connectivity index (χ1v) is 11.1. The van der Waals surface area contributed by atoms with Gasteiger partial charge in [-0.2, -0.15) is 0 Å². The molecule has 0 aliphatic carbocycles. The van der Waals surface area contributed by atoms with E-state index in [0.717, 1.165) is 48.4 Å². The number of aliphatic hydroxyl groups is 2. The lowest BCUT2D eigenvalue weighted by atomic mass is 9.81. The smallest absolute Gasteiger partial charge is 0.125 e. The minimum Gasteiger partial charge on any atom is -0.487 e. The fourth-order valence-corrected chi connectivity index (χ4v) is 4.91. The van der Waals surface area contributed by atoms with Crippen LogP contribution >= 0.6 is 0 Å². The number of fused-ring (bicyclic) bond motifs is 1. The van der Waals surface area contributed by atoms with Crippen molar-refractivity contribution < 1.29 is 14.9 Å². The Balaban J connectivity index is 1.19. The van der Waals surface area contributed by atoms with E-state index >= 15 is 0 Å². The highest BCUT2D eigenvalue weighted by Gasteiger charge is 2.42. The normalized spacial score (nSPS) is 21.3. The van der Waals surface area contributed by atoms with E-state index in [1.807, 2.05) is 54.6 Å². The Morgan fingerprint density at radius 1 is 0.871 bits per heavy atom. The summed E-state index contributed by atoms with van der Waals surface area (Å²) in [5.41, 5.74) is 3.88. The molecule has 5 rings (SSSR count). The molecule has 4 heteroatoms. The van der Waals surface area contributed by atoms with Gasteiger partial charge in [0.2, 0.25) is 0 Å². The van der Waals surface area contributed by atoms with E-state index < -0.39 is 12.2 Å². The number of rotatable bonds is 4. The standard InChI is InChI=1S/C27H29NO3/c29-24-18-27(31-26-9-5-4-8-23(24)26)14-16-28(17-15-27)19-25(30)22-12-10-21(11-13-22)20-6-2-1-3-7-20/h1-13,24-25,29-30H,14-19H2/t24-,25+/m0/s1. The largest absolute Gasteiger partial charge is 0.487 e. The van der Waals surface area contributed by atoms with Gasteiger partial charge in [0.1, 0.15) is 11.4 Å². The molecule has 2 atom stereocenters. The highest BCUT2D eigenvalue weighted by Crippen LogP contribution is 2.44. The second kappa shape index (κ2) is 8.46. The van der Waals surface area contributed by atoms with Crippen LogP contribution < -0.4 is 4.74 Å². The highest BCUT2D eigenvalue weighted by molar-refractivity contribution is 5.63. The molecule has 0 radical (unpaired) electrons. The lowest BCUT2D eigenvalue weighted by molar-refractivity contribution is -0.0587. The van der Waals surface area contributed by atoms with Gasteiger partial charge in [0.25, 0.3) is 0 Å². The van der Waals surface area contributed by atoms with Gasteiger partial charge in [-0.25, -0.2) is 0 Å². The highest BCUT2D eigenvalue weighted by atomic mass is 16.5. The quantitative estimate of drug-likeness (QED) is 0.646. The molecule has 1 spiro atoms. The van der Waals surface area contributed by atoms with Gasteiger partial charge in [-0.1, -0.05) is 72.8 Å². The monoisotopic (exact) mass is 415 g/mol. The van der Waals surface area contributed by atoms with Crippen molar-refractivity contribution in [3.05, 3.63) is 90.0 Å². The van der Waals surface area contributed by atoms with E-state index in [9.17, 15) is 10.2 Å². The van der Waals surface area contributed by atoms with Crippen LogP contribution in [-0.4, -0.2) is 40.3 Å². The SMILES string of the molecule is O[C@H](CN1CCC2(CC1)C[C@H](O)c1ccccc1O2)c1ccc(-c2ccccc2)cc1. The average molecular weight is 416 g/mol. The summed E-state index contributed by atoms with van der Waals surface area (Å²) in [5, 5.41) is 21.4. The number of likely N-dealkylation sites (tertiary alicyclic amines) is 1. The fraction of sp³-hybridized carbons (Fsp3) is 0.333. The Bertz CT molecular complexity index is 1010. The van der Waals surface area contributed by atoms with Gasteiger partial charge < -0.3 is 19.8 Å². The van der Waals surface area contributed by atoms with Crippen LogP contribution in [0.3, 0.4) is 0 Å². The number of aliphatic hydroxyl groups excluding tert-OH is 2. The van der Waals surface area contributed by atoms with Crippen LogP contribution in [0, 0.1) is 0 Å². The number of nitrogens with zero attached hydrogens (tertiary/aromatic N) is 1. The minimum atomic E-state index is -0.516. The molecule has 1 saturated heterocycles. The van der Waals surface area contributed by atoms with E-state index in [0.29, 0.717) is 13.0 Å². The molecule has 3 aromatic carbocycles. The number of β-amino-alcohol motifs (C(OH)–C–C–N with tert-alkyl or cyclic N) is 1. The van der Waals surface area contributed by atoms with Crippen molar-refractivity contribution >= 4 is 0 Å². The molecule has 0 bridgehead atoms. The minimum absolute atomic E-state index is 0.299. The van der Waals surface area contributed by atoms with E-state index in [1.54, 1.807) is 0 Å². The van der Waals surface area contributed by atoms with E-state index in [2.05, 4.69) is 29.2 Å². The Kier molecular flexibility index (Phi) is 5.53. The summed E-state index contributed by atoms with van der Waals surface area (Å²) in [6.45, 7) is 2.32. The Morgan fingerprint density at radius 2 is 1.52 bits per heavy atom. The van der Waals surface area contributed by atoms with Gasteiger partial charge in [-0.3, -0.25) is 0 Å². The van der Waals surface area contributed by atoms with Crippen molar-refractivity contribution in [1.82, 2.24) is 4.90 Å². The lowest BCUT2D eigenvalue weighted by Gasteiger charge is -2.46. The predicted octanol–water partition coefficient (Wildman–Crippen LogP) is 4.74. The van der Waals surface area contributed by atoms with Gasteiger partial charge in [0.15, 0.2) is 0 Å². The molecule has 0 saturated carbocycles. The van der Waals surface area contributed by atoms with E-state index in [-0.39, 0.29) is 5.60 Å². The molecule has 2 aliphatic rings. The first kappa shape index (κ1) is 20.3. The van der Waals surface area contributed by atoms with Crippen LogP contribution in [0.2, 0.25) is 0 Å². The molecule has 1 fully saturated rings. The molecular weight excluding hydrogens is 386 g/mol. The molecule has 2 N–H and O–H groups in total. The summed E-state index contributed by atoms with van der Waals surface area (Å²) in [4.78, 5) is 2.30. The van der Waals surface area contributed by atoms with Crippen molar-refractivity contribution in [3.63, 3.8) is 0 Å². The predicted molar refractivity (Wildman–Crippen MR) is 122 cm³/mol. The molecule has 0 amide bonds. The topological polar surface area (TPSA) is 52.9 Å². The maximum Gasteiger partial charge on any atom is 0.125 e. The third-order valence-corrected chi connectivity index (χ3v) is 6.77. The summed E-state index contributed by atoms with van der Waals surface area (Å²) < 4.78 is 6.37. The number of hydrogen-bond acceptors (Lipinski definition) is 4. The van der Waals surface area contributed by atoms with Crippen molar-refractivity contribution in [2.75, 3.05) is 19.6 Å². The molecular formula is C27H29NO3. The number of piperidine rings is 1. The summed E-state index contributed by atoms with van der Waals surface area (Å²) in [7, 11) is 0. The zero-order chi connectivity index (χ0) is 21.3. The average Bonchev–Trinajstić information content (AvgIpc) is 2.81. The van der Waals surface area contributed by atoms with Gasteiger partial charge in [-0.15, -0.1) is 0 Å². The van der Waals surface area contributed by atoms with Gasteiger partial charge in [-0.05, 0) is 35.6 Å². The first-order valence-electron chi connectivity index (χ1n) is 11.1. The van der Waals surface area contributed by atoms with E-state index in [1.165, 1.54) is 5.56 Å². The second-order valence-electron chi connectivity index (χ2n) is 8.85. The Labute approximate surface area is 183 Å². The van der Waals surface area contributed by atoms with Crippen molar-refractivity contribution in [2.45, 2.75) is 37.1 Å². The van der Waals surface area contributed by atoms with Crippen molar-refractivity contribution in [1.29, 1.82) is 0 Å². The maximum absolute atomic E-state index is 10.8. The first-order chi connectivity index (χ1) is 15.1. The van der Waals surface area contributed by atoms with Crippen molar-refractivity contribution in [2.24, 2.45) is 0 Å². The molecule has 0 aromatic heterocycles. The molecule has 2 heterocycles. The Morgan fingerprint density at radius 3 is 2.26 bits per heavy atom. The summed E-state index contributed by atoms with van der Waals surface area (Å²) in [5.74, 6) is 0.813. The van der Waals surface area contributed by atoms with E-state index in [4.69, 9.17) is 4.74 Å². The van der Waals surface area contributed by atoms with Gasteiger partial charge >= 0.3 is 0 Å². The van der Waals surface area contributed by atoms with Gasteiger partial charge in [0.05, 0.1) is 12.2 Å². The zero-order valence-corrected chi connectivity index (χ0v) is 17.7. The number of benzene rings is 3. The number of para-hydroxylation sites is 1. The molecule has 4 nitrogen and oxygen atoms in total. The fourth-order valence-electron chi connectivity index (χ4n) is 4.91. The molecule has 3 aromatic rings. The number of hydrogen-bond donors (Lipinski definition) is 2. The van der Waals surface area contributed by atoms with Crippen LogP contribution in [-0.2, 0) is 0 Å². The molecule has 31 heavy (non-hydrogen) atoms. The second-order valence-corrected chi connectivity index (χ2v) is 8.85. The third-order valence-electron chi connectivity index (χ3n) is 6.77. The molecule has 2 aliphatic heterocycles. The number of ether oxygens (including phenoxy) is 1. The van der Waals surface area contributed by atoms with Crippen LogP contribution in [0.4, 0.5) is 0 Å². The van der Waals surface area contributed by atoms with Crippen molar-refractivity contribution in [3.8, 4) is 16.9 Å². The third kappa shape index (κ3) is 4.24. The van der Waals surface area contributed by atoms with Crippen LogP contribution in [0.5, 0.6) is 5.75 Å². The van der Waals surface area contributed by atoms with Gasteiger partial charge in [0, 0.05) is 31.6 Å². The maximum atomic E-state index is 10.8. The van der Waals surface area contributed by atoms with Crippen LogP contribution in [0.1, 0.15) is 42.6 Å². The molecule has 160 valence electrons. The lowest BCUT2D eigenvalue weighted by Crippen LogP contribution is -2.51.